The minimum Gasteiger partial charge on any atom is -0.439 e. The van der Waals surface area contributed by atoms with Crippen molar-refractivity contribution >= 4 is 24.8 Å². The number of hydrogen-bond acceptors (Lipinski definition) is 4. The Kier molecular flexibility index (Phi) is 9.99. The van der Waals surface area contributed by atoms with Crippen LogP contribution in [0.2, 0.25) is 0 Å². The van der Waals surface area contributed by atoms with Crippen LogP contribution >= 0.6 is 24.8 Å². The van der Waals surface area contributed by atoms with Gasteiger partial charge in [0, 0.05) is 25.2 Å². The number of nitrogens with two attached hydrogens (primary N) is 1. The largest absolute Gasteiger partial charge is 0.439 e. The number of hydrogen-bond donors (Lipinski definition) is 1. The summed E-state index contributed by atoms with van der Waals surface area (Å²) in [6.07, 6.45) is 2.79. The van der Waals surface area contributed by atoms with Gasteiger partial charge in [0.1, 0.15) is 0 Å². The summed E-state index contributed by atoms with van der Waals surface area (Å²) in [5.74, 6) is 1.54. The molecule has 0 aliphatic carbocycles. The third-order valence-corrected chi connectivity index (χ3v) is 3.98. The standard InChI is InChI=1S/C20H23N3O.2ClH/c21-12-14-23(13-11-17-7-3-1-4-8-17)16-20-22-15-19(24-20)18-9-5-2-6-10-18;;/h1-10,15H,11-14,16,21H2;2*1H. The van der Waals surface area contributed by atoms with Gasteiger partial charge in [-0.05, 0) is 12.0 Å². The predicted molar refractivity (Wildman–Crippen MR) is 111 cm³/mol. The molecule has 0 saturated heterocycles. The van der Waals surface area contributed by atoms with Gasteiger partial charge in [-0.15, -0.1) is 24.8 Å². The van der Waals surface area contributed by atoms with Crippen LogP contribution in [0.5, 0.6) is 0 Å². The van der Waals surface area contributed by atoms with Gasteiger partial charge in [-0.1, -0.05) is 60.7 Å². The average Bonchev–Trinajstić information content (AvgIpc) is 3.10. The molecule has 26 heavy (non-hydrogen) atoms. The van der Waals surface area contributed by atoms with Crippen LogP contribution in [-0.2, 0) is 13.0 Å². The van der Waals surface area contributed by atoms with Crippen molar-refractivity contribution in [3.8, 4) is 11.3 Å². The van der Waals surface area contributed by atoms with E-state index in [1.165, 1.54) is 5.56 Å². The Morgan fingerprint density at radius 3 is 2.19 bits per heavy atom. The first-order valence-corrected chi connectivity index (χ1v) is 8.31. The molecule has 3 aromatic rings. The van der Waals surface area contributed by atoms with Gasteiger partial charge >= 0.3 is 0 Å². The maximum Gasteiger partial charge on any atom is 0.209 e. The summed E-state index contributed by atoms with van der Waals surface area (Å²) in [4.78, 5) is 6.71. The van der Waals surface area contributed by atoms with Crippen LogP contribution in [0.15, 0.2) is 71.3 Å². The molecular weight excluding hydrogens is 369 g/mol. The summed E-state index contributed by atoms with van der Waals surface area (Å²) in [7, 11) is 0. The minimum atomic E-state index is 0. The third kappa shape index (κ3) is 6.46. The van der Waals surface area contributed by atoms with Crippen molar-refractivity contribution in [3.05, 3.63) is 78.3 Å². The first-order chi connectivity index (χ1) is 11.8. The van der Waals surface area contributed by atoms with Gasteiger partial charge in [0.15, 0.2) is 5.76 Å². The van der Waals surface area contributed by atoms with Gasteiger partial charge in [0.25, 0.3) is 0 Å². The molecule has 0 bridgehead atoms. The highest BCUT2D eigenvalue weighted by Crippen LogP contribution is 2.20. The van der Waals surface area contributed by atoms with E-state index in [2.05, 4.69) is 34.1 Å². The monoisotopic (exact) mass is 393 g/mol. The molecule has 4 nitrogen and oxygen atoms in total. The third-order valence-electron chi connectivity index (χ3n) is 3.98. The van der Waals surface area contributed by atoms with Crippen molar-refractivity contribution < 1.29 is 4.42 Å². The highest BCUT2D eigenvalue weighted by molar-refractivity contribution is 5.85. The summed E-state index contributed by atoms with van der Waals surface area (Å²) >= 11 is 0. The van der Waals surface area contributed by atoms with Crippen LogP contribution in [-0.4, -0.2) is 29.5 Å². The molecule has 140 valence electrons. The maximum absolute atomic E-state index is 5.90. The van der Waals surface area contributed by atoms with Gasteiger partial charge in [-0.3, -0.25) is 4.90 Å². The van der Waals surface area contributed by atoms with E-state index >= 15 is 0 Å². The van der Waals surface area contributed by atoms with Crippen LogP contribution in [0.25, 0.3) is 11.3 Å². The van der Waals surface area contributed by atoms with Crippen LogP contribution in [0.3, 0.4) is 0 Å². The first kappa shape index (κ1) is 22.2. The molecule has 3 rings (SSSR count). The molecule has 0 radical (unpaired) electrons. The lowest BCUT2D eigenvalue weighted by atomic mass is 10.1. The zero-order valence-corrected chi connectivity index (χ0v) is 16.2. The number of halogens is 2. The van der Waals surface area contributed by atoms with E-state index in [1.807, 2.05) is 36.4 Å². The highest BCUT2D eigenvalue weighted by Gasteiger charge is 2.11. The van der Waals surface area contributed by atoms with Crippen molar-refractivity contribution in [2.75, 3.05) is 19.6 Å². The van der Waals surface area contributed by atoms with Gasteiger partial charge in [-0.25, -0.2) is 4.98 Å². The van der Waals surface area contributed by atoms with Crippen LogP contribution < -0.4 is 5.73 Å². The molecule has 0 spiro atoms. The Morgan fingerprint density at radius 1 is 0.885 bits per heavy atom. The zero-order chi connectivity index (χ0) is 16.6. The molecule has 2 aromatic carbocycles. The predicted octanol–water partition coefficient (Wildman–Crippen LogP) is 4.19. The first-order valence-electron chi connectivity index (χ1n) is 8.31. The van der Waals surface area contributed by atoms with E-state index in [0.29, 0.717) is 13.1 Å². The van der Waals surface area contributed by atoms with E-state index in [1.54, 1.807) is 6.20 Å². The molecule has 1 heterocycles. The lowest BCUT2D eigenvalue weighted by Crippen LogP contribution is -2.31. The molecule has 1 aromatic heterocycles. The number of nitrogens with zero attached hydrogens (tertiary/aromatic N) is 2. The van der Waals surface area contributed by atoms with Crippen molar-refractivity contribution in [1.82, 2.24) is 9.88 Å². The summed E-state index contributed by atoms with van der Waals surface area (Å²) in [6.45, 7) is 3.07. The van der Waals surface area contributed by atoms with Crippen molar-refractivity contribution in [2.24, 2.45) is 5.73 Å². The van der Waals surface area contributed by atoms with Gasteiger partial charge in [0.05, 0.1) is 12.7 Å². The van der Waals surface area contributed by atoms with Gasteiger partial charge in [-0.2, -0.15) is 0 Å². The van der Waals surface area contributed by atoms with Crippen molar-refractivity contribution in [3.63, 3.8) is 0 Å². The Bertz CT molecular complexity index is 735. The summed E-state index contributed by atoms with van der Waals surface area (Å²) in [6, 6.07) is 20.5. The zero-order valence-electron chi connectivity index (χ0n) is 14.6. The summed E-state index contributed by atoms with van der Waals surface area (Å²) in [5, 5.41) is 0. The van der Waals surface area contributed by atoms with Crippen LogP contribution in [0, 0.1) is 0 Å². The molecule has 0 unspecified atom stereocenters. The fourth-order valence-corrected chi connectivity index (χ4v) is 2.69. The van der Waals surface area contributed by atoms with E-state index < -0.39 is 0 Å². The van der Waals surface area contributed by atoms with Crippen LogP contribution in [0.4, 0.5) is 0 Å². The number of rotatable bonds is 8. The second kappa shape index (κ2) is 11.7. The molecule has 0 amide bonds. The summed E-state index contributed by atoms with van der Waals surface area (Å²) < 4.78 is 5.90. The second-order valence-electron chi connectivity index (χ2n) is 5.78. The second-order valence-corrected chi connectivity index (χ2v) is 5.78. The molecule has 2 N–H and O–H groups in total. The minimum absolute atomic E-state index is 0. The Balaban J connectivity index is 0.00000169. The van der Waals surface area contributed by atoms with Gasteiger partial charge < -0.3 is 10.2 Å². The molecule has 0 atom stereocenters. The van der Waals surface area contributed by atoms with E-state index in [9.17, 15) is 0 Å². The smallest absolute Gasteiger partial charge is 0.209 e. The van der Waals surface area contributed by atoms with Crippen molar-refractivity contribution in [2.45, 2.75) is 13.0 Å². The average molecular weight is 394 g/mol. The van der Waals surface area contributed by atoms with E-state index in [4.69, 9.17) is 10.2 Å². The Labute approximate surface area is 167 Å². The molecule has 0 saturated carbocycles. The fourth-order valence-electron chi connectivity index (χ4n) is 2.69. The molecule has 0 fully saturated rings. The number of aromatic nitrogens is 1. The lowest BCUT2D eigenvalue weighted by Gasteiger charge is -2.19. The Morgan fingerprint density at radius 2 is 1.54 bits per heavy atom. The number of benzene rings is 2. The van der Waals surface area contributed by atoms with E-state index in [-0.39, 0.29) is 24.8 Å². The Hall–Kier alpha value is -1.85. The molecule has 0 aliphatic rings. The van der Waals surface area contributed by atoms with Crippen molar-refractivity contribution in [1.29, 1.82) is 0 Å². The number of oxazole rings is 1. The SMILES string of the molecule is Cl.Cl.NCCN(CCc1ccccc1)Cc1ncc(-c2ccccc2)o1. The highest BCUT2D eigenvalue weighted by atomic mass is 35.5. The lowest BCUT2D eigenvalue weighted by molar-refractivity contribution is 0.249. The topological polar surface area (TPSA) is 55.3 Å². The summed E-state index contributed by atoms with van der Waals surface area (Å²) in [5.41, 5.74) is 8.13. The molecular formula is C20H25Cl2N3O. The van der Waals surface area contributed by atoms with Crippen LogP contribution in [0.1, 0.15) is 11.5 Å². The molecule has 6 heteroatoms. The quantitative estimate of drug-likeness (QED) is 0.623. The van der Waals surface area contributed by atoms with Gasteiger partial charge in [0.2, 0.25) is 5.89 Å². The fraction of sp³-hybridized carbons (Fsp3) is 0.250. The molecule has 0 aliphatic heterocycles. The maximum atomic E-state index is 5.90. The normalized spacial score (nSPS) is 10.2. The van der Waals surface area contributed by atoms with E-state index in [0.717, 1.165) is 36.7 Å².